The molecule has 1 heteroatoms. The highest BCUT2D eigenvalue weighted by Crippen LogP contribution is 2.64. The predicted octanol–water partition coefficient (Wildman–Crippen LogP) is 6.12. The van der Waals surface area contributed by atoms with Crippen LogP contribution in [0.1, 0.15) is 84.5 Å². The van der Waals surface area contributed by atoms with Crippen molar-refractivity contribution in [2.45, 2.75) is 90.5 Å². The highest BCUT2D eigenvalue weighted by Gasteiger charge is 2.55. The first-order chi connectivity index (χ1) is 13.0. The average molecular weight is 370 g/mol. The number of rotatable bonds is 8. The summed E-state index contributed by atoms with van der Waals surface area (Å²) in [5.41, 5.74) is 6.07. The molecule has 1 nitrogen and oxygen atoms in total. The maximum atomic E-state index is 6.07. The second kappa shape index (κ2) is 6.48. The predicted molar refractivity (Wildman–Crippen MR) is 112 cm³/mol. The van der Waals surface area contributed by atoms with Gasteiger partial charge in [-0.2, -0.15) is 0 Å². The van der Waals surface area contributed by atoms with Crippen molar-refractivity contribution in [3.05, 3.63) is 0 Å². The van der Waals surface area contributed by atoms with Crippen LogP contribution in [0.2, 0.25) is 0 Å². The van der Waals surface area contributed by atoms with Gasteiger partial charge in [0, 0.05) is 6.04 Å². The van der Waals surface area contributed by atoms with Crippen LogP contribution in [0.15, 0.2) is 0 Å². The van der Waals surface area contributed by atoms with Gasteiger partial charge in [0.05, 0.1) is 0 Å². The van der Waals surface area contributed by atoms with Crippen LogP contribution in [0, 0.1) is 71.0 Å². The van der Waals surface area contributed by atoms with Gasteiger partial charge in [-0.3, -0.25) is 0 Å². The molecule has 0 aromatic heterocycles. The fraction of sp³-hybridized carbons (Fsp3) is 1.00. The van der Waals surface area contributed by atoms with Gasteiger partial charge in [-0.1, -0.05) is 6.92 Å². The molecule has 0 aromatic carbocycles. The summed E-state index contributed by atoms with van der Waals surface area (Å²) in [6.45, 7) is 4.67. The van der Waals surface area contributed by atoms with Gasteiger partial charge in [0.25, 0.3) is 0 Å². The summed E-state index contributed by atoms with van der Waals surface area (Å²) in [6, 6.07) is 0.446. The lowest BCUT2D eigenvalue weighted by Crippen LogP contribution is -2.38. The summed E-state index contributed by atoms with van der Waals surface area (Å²) in [6.07, 6.45) is 17.3. The van der Waals surface area contributed by atoms with Crippen molar-refractivity contribution in [3.8, 4) is 0 Å². The van der Waals surface area contributed by atoms with Gasteiger partial charge >= 0.3 is 0 Å². The van der Waals surface area contributed by atoms with E-state index in [0.717, 1.165) is 65.1 Å². The maximum absolute atomic E-state index is 6.07. The van der Waals surface area contributed by atoms with Gasteiger partial charge in [0.1, 0.15) is 0 Å². The molecule has 0 aliphatic heterocycles. The molecule has 0 radical (unpaired) electrons. The minimum absolute atomic E-state index is 0.446. The molecule has 0 aromatic rings. The zero-order valence-corrected chi connectivity index (χ0v) is 17.9. The van der Waals surface area contributed by atoms with Crippen molar-refractivity contribution in [2.24, 2.45) is 76.7 Å². The largest absolute Gasteiger partial charge is 0.328 e. The molecule has 6 fully saturated rings. The summed E-state index contributed by atoms with van der Waals surface area (Å²) in [5.74, 6) is 13.3. The first-order valence-electron chi connectivity index (χ1n) is 12.8. The van der Waals surface area contributed by atoms with Crippen molar-refractivity contribution in [1.29, 1.82) is 0 Å². The van der Waals surface area contributed by atoms with E-state index in [4.69, 9.17) is 5.73 Å². The van der Waals surface area contributed by atoms with E-state index in [1.54, 1.807) is 57.8 Å². The highest BCUT2D eigenvalue weighted by molar-refractivity contribution is 5.05. The molecule has 152 valence electrons. The quantitative estimate of drug-likeness (QED) is 0.548. The van der Waals surface area contributed by atoms with Crippen molar-refractivity contribution in [1.82, 2.24) is 0 Å². The minimum Gasteiger partial charge on any atom is -0.328 e. The van der Waals surface area contributed by atoms with E-state index in [1.807, 2.05) is 0 Å². The molecular weight excluding hydrogens is 326 g/mol. The third-order valence-electron chi connectivity index (χ3n) is 10.7. The van der Waals surface area contributed by atoms with Gasteiger partial charge in [0.2, 0.25) is 0 Å². The number of nitrogens with two attached hydrogens (primary N) is 1. The Morgan fingerprint density at radius 3 is 1.74 bits per heavy atom. The van der Waals surface area contributed by atoms with E-state index in [2.05, 4.69) is 13.8 Å². The van der Waals surface area contributed by atoms with Gasteiger partial charge < -0.3 is 5.73 Å². The molecule has 7 atom stereocenters. The second-order valence-corrected chi connectivity index (χ2v) is 12.7. The first-order valence-corrected chi connectivity index (χ1v) is 12.8. The fourth-order valence-corrected chi connectivity index (χ4v) is 8.17. The first kappa shape index (κ1) is 17.8. The molecule has 0 saturated heterocycles. The Balaban J connectivity index is 0.852. The molecule has 7 unspecified atom stereocenters. The summed E-state index contributed by atoms with van der Waals surface area (Å²) in [7, 11) is 0. The zero-order chi connectivity index (χ0) is 18.3. The average Bonchev–Trinajstić information content (AvgIpc) is 3.35. The molecule has 6 aliphatic rings. The van der Waals surface area contributed by atoms with Gasteiger partial charge in [0.15, 0.2) is 0 Å². The van der Waals surface area contributed by atoms with E-state index in [9.17, 15) is 0 Å². The number of hydrogen-bond acceptors (Lipinski definition) is 1. The lowest BCUT2D eigenvalue weighted by molar-refractivity contribution is 0.100. The maximum Gasteiger partial charge on any atom is 0.00389 e. The van der Waals surface area contributed by atoms with E-state index in [0.29, 0.717) is 6.04 Å². The van der Waals surface area contributed by atoms with Crippen LogP contribution in [0.3, 0.4) is 0 Å². The van der Waals surface area contributed by atoms with Crippen molar-refractivity contribution >= 4 is 0 Å². The Bertz CT molecular complexity index is 551. The Labute approximate surface area is 167 Å². The Morgan fingerprint density at radius 1 is 0.667 bits per heavy atom. The summed E-state index contributed by atoms with van der Waals surface area (Å²) < 4.78 is 0. The van der Waals surface area contributed by atoms with E-state index >= 15 is 0 Å². The van der Waals surface area contributed by atoms with Crippen molar-refractivity contribution < 1.29 is 0 Å². The van der Waals surface area contributed by atoms with Crippen LogP contribution in [-0.4, -0.2) is 6.04 Å². The molecule has 2 N–H and O–H groups in total. The standard InChI is InChI=1S/C26H43N/c1-14-3-18(14)4-16-5-20(6-16)24-12-22(24)9-17-7-21(8-17)25-13-26(25)23-10-19(11-23)15(2)27/h14-26H,3-13,27H2,1-2H3. The van der Waals surface area contributed by atoms with Crippen LogP contribution in [0.25, 0.3) is 0 Å². The van der Waals surface area contributed by atoms with Crippen LogP contribution in [-0.2, 0) is 0 Å². The summed E-state index contributed by atoms with van der Waals surface area (Å²) in [4.78, 5) is 0. The SMILES string of the molecule is CC(N)C1CC(C2CC2C2CC(CC3CC3C3CC(CC4CC4C)C3)C2)C1. The molecule has 0 spiro atoms. The Kier molecular flexibility index (Phi) is 4.27. The van der Waals surface area contributed by atoms with E-state index in [1.165, 1.54) is 18.8 Å². The van der Waals surface area contributed by atoms with E-state index in [-0.39, 0.29) is 0 Å². The topological polar surface area (TPSA) is 26.0 Å². The molecular formula is C26H43N. The Morgan fingerprint density at radius 2 is 1.19 bits per heavy atom. The van der Waals surface area contributed by atoms with Crippen LogP contribution in [0.4, 0.5) is 0 Å². The highest BCUT2D eigenvalue weighted by atomic mass is 14.7. The van der Waals surface area contributed by atoms with Gasteiger partial charge in [-0.25, -0.2) is 0 Å². The van der Waals surface area contributed by atoms with Gasteiger partial charge in [-0.15, -0.1) is 0 Å². The third kappa shape index (κ3) is 3.43. The van der Waals surface area contributed by atoms with Crippen LogP contribution < -0.4 is 5.73 Å². The lowest BCUT2D eigenvalue weighted by atomic mass is 9.65. The second-order valence-electron chi connectivity index (χ2n) is 12.7. The lowest BCUT2D eigenvalue weighted by Gasteiger charge is -2.41. The van der Waals surface area contributed by atoms with Crippen molar-refractivity contribution in [2.75, 3.05) is 0 Å². The smallest absolute Gasteiger partial charge is 0.00389 e. The minimum atomic E-state index is 0.446. The van der Waals surface area contributed by atoms with Crippen molar-refractivity contribution in [3.63, 3.8) is 0 Å². The molecule has 6 saturated carbocycles. The van der Waals surface area contributed by atoms with Crippen LogP contribution in [0.5, 0.6) is 0 Å². The third-order valence-corrected chi connectivity index (χ3v) is 10.7. The molecule has 0 bridgehead atoms. The molecule has 0 heterocycles. The molecule has 6 aliphatic carbocycles. The summed E-state index contributed by atoms with van der Waals surface area (Å²) in [5, 5.41) is 0. The fourth-order valence-electron chi connectivity index (χ4n) is 8.17. The molecule has 6 rings (SSSR count). The Hall–Kier alpha value is -0.0400. The monoisotopic (exact) mass is 369 g/mol. The normalized spacial score (nSPS) is 59.2. The van der Waals surface area contributed by atoms with Crippen LogP contribution >= 0.6 is 0 Å². The zero-order valence-electron chi connectivity index (χ0n) is 17.9. The summed E-state index contributed by atoms with van der Waals surface area (Å²) >= 11 is 0. The van der Waals surface area contributed by atoms with Gasteiger partial charge in [-0.05, 0) is 149 Å². The number of hydrogen-bond donors (Lipinski definition) is 1. The molecule has 27 heavy (non-hydrogen) atoms. The van der Waals surface area contributed by atoms with E-state index < -0.39 is 0 Å². The molecule has 0 amide bonds.